The zero-order chi connectivity index (χ0) is 26.2. The first-order valence-corrected chi connectivity index (χ1v) is 12.9. The second-order valence-corrected chi connectivity index (χ2v) is 10.9. The molecule has 2 N–H and O–H groups in total. The Morgan fingerprint density at radius 2 is 1.95 bits per heavy atom. The van der Waals surface area contributed by atoms with Crippen molar-refractivity contribution >= 4 is 23.4 Å². The molecule has 0 radical (unpaired) electrons. The fraction of sp³-hybridized carbons (Fsp3) is 0.500. The highest BCUT2D eigenvalue weighted by atomic mass is 35.5. The molecule has 2 saturated carbocycles. The Hall–Kier alpha value is -2.98. The van der Waals surface area contributed by atoms with Crippen LogP contribution in [0.3, 0.4) is 0 Å². The van der Waals surface area contributed by atoms with E-state index >= 15 is 0 Å². The Kier molecular flexibility index (Phi) is 5.61. The number of amides is 2. The third-order valence-corrected chi connectivity index (χ3v) is 9.00. The molecule has 11 heteroatoms. The Balaban J connectivity index is 1.45. The Labute approximate surface area is 216 Å². The second kappa shape index (κ2) is 8.52. The van der Waals surface area contributed by atoms with Gasteiger partial charge in [-0.05, 0) is 55.7 Å². The maximum Gasteiger partial charge on any atom is 0.296 e. The van der Waals surface area contributed by atoms with Gasteiger partial charge in [-0.1, -0.05) is 17.7 Å². The van der Waals surface area contributed by atoms with Gasteiger partial charge in [0.1, 0.15) is 23.8 Å². The number of aliphatic hydroxyl groups is 1. The minimum absolute atomic E-state index is 0.0429. The van der Waals surface area contributed by atoms with Crippen molar-refractivity contribution in [2.24, 2.45) is 11.8 Å². The van der Waals surface area contributed by atoms with Gasteiger partial charge in [0.05, 0.1) is 23.2 Å². The fourth-order valence-electron chi connectivity index (χ4n) is 6.94. The molecule has 0 saturated heterocycles. The number of pyridine rings is 1. The molecular weight excluding hydrogens is 508 g/mol. The van der Waals surface area contributed by atoms with E-state index in [-0.39, 0.29) is 48.3 Å². The van der Waals surface area contributed by atoms with E-state index in [1.807, 2.05) is 0 Å². The van der Waals surface area contributed by atoms with E-state index in [1.165, 1.54) is 32.6 Å². The number of carbonyl (C=O) groups excluding carboxylic acids is 2. The van der Waals surface area contributed by atoms with Crippen molar-refractivity contribution in [1.82, 2.24) is 14.4 Å². The monoisotopic (exact) mass is 533 g/mol. The van der Waals surface area contributed by atoms with Gasteiger partial charge in [-0.3, -0.25) is 19.0 Å². The molecule has 8 nitrogen and oxygen atoms in total. The molecule has 2 aliphatic heterocycles. The molecule has 3 heterocycles. The summed E-state index contributed by atoms with van der Waals surface area (Å²) in [5.74, 6) is -2.19. The third kappa shape index (κ3) is 3.31. The largest absolute Gasteiger partial charge is 0.502 e. The normalized spacial score (nSPS) is 26.8. The van der Waals surface area contributed by atoms with Gasteiger partial charge in [-0.15, -0.1) is 0 Å². The van der Waals surface area contributed by atoms with E-state index in [2.05, 4.69) is 0 Å². The van der Waals surface area contributed by atoms with Crippen LogP contribution in [-0.4, -0.2) is 62.3 Å². The van der Waals surface area contributed by atoms with Crippen LogP contribution in [0.5, 0.6) is 5.75 Å². The molecule has 6 rings (SSSR count). The van der Waals surface area contributed by atoms with Crippen molar-refractivity contribution in [2.45, 2.75) is 50.4 Å². The third-order valence-electron chi connectivity index (χ3n) is 8.71. The van der Waals surface area contributed by atoms with E-state index in [9.17, 15) is 33.4 Å². The van der Waals surface area contributed by atoms with Crippen LogP contribution in [0.2, 0.25) is 5.02 Å². The minimum Gasteiger partial charge on any atom is -0.502 e. The summed E-state index contributed by atoms with van der Waals surface area (Å²) < 4.78 is 28.2. The summed E-state index contributed by atoms with van der Waals surface area (Å²) in [6.07, 6.45) is 1.77. The van der Waals surface area contributed by atoms with Crippen LogP contribution >= 0.6 is 11.6 Å². The molecule has 37 heavy (non-hydrogen) atoms. The number of benzene rings is 1. The van der Waals surface area contributed by atoms with Crippen LogP contribution in [-0.2, 0) is 18.6 Å². The molecule has 1 unspecified atom stereocenters. The van der Waals surface area contributed by atoms with Gasteiger partial charge in [0, 0.05) is 24.6 Å². The van der Waals surface area contributed by atoms with E-state index in [4.69, 9.17) is 11.6 Å². The molecule has 2 amide bonds. The highest BCUT2D eigenvalue weighted by Crippen LogP contribution is 2.60. The highest BCUT2D eigenvalue weighted by Gasteiger charge is 2.63. The van der Waals surface area contributed by atoms with Crippen molar-refractivity contribution < 1.29 is 28.6 Å². The SMILES string of the molecule is O=C1c2c(c3n(c(=O)c2O)[C@@]2(CC[C@H]4CC[C@H]42)N(CC(O)CF)C3=O)CCN1Cc1ccc(F)c(Cl)c1. The molecule has 2 fully saturated rings. The van der Waals surface area contributed by atoms with Crippen LogP contribution in [0.1, 0.15) is 57.7 Å². The van der Waals surface area contributed by atoms with Gasteiger partial charge in [0.15, 0.2) is 5.75 Å². The van der Waals surface area contributed by atoms with E-state index < -0.39 is 47.4 Å². The van der Waals surface area contributed by atoms with Crippen molar-refractivity contribution in [3.05, 3.63) is 61.8 Å². The maximum atomic E-state index is 13.8. The summed E-state index contributed by atoms with van der Waals surface area (Å²) in [7, 11) is 0. The van der Waals surface area contributed by atoms with Crippen molar-refractivity contribution in [3.8, 4) is 5.75 Å². The van der Waals surface area contributed by atoms with Crippen LogP contribution < -0.4 is 5.56 Å². The average molecular weight is 534 g/mol. The number of nitrogens with zero attached hydrogens (tertiary/aromatic N) is 3. The van der Waals surface area contributed by atoms with E-state index in [0.717, 1.165) is 19.3 Å². The zero-order valence-corrected chi connectivity index (χ0v) is 20.7. The molecule has 1 spiro atoms. The lowest BCUT2D eigenvalue weighted by atomic mass is 9.72. The Bertz CT molecular complexity index is 1400. The first kappa shape index (κ1) is 24.4. The quantitative estimate of drug-likeness (QED) is 0.615. The molecule has 4 atom stereocenters. The number of alkyl halides is 1. The number of halogens is 3. The first-order valence-electron chi connectivity index (χ1n) is 12.5. The molecule has 2 aliphatic carbocycles. The Morgan fingerprint density at radius 1 is 1.16 bits per heavy atom. The maximum absolute atomic E-state index is 13.8. The highest BCUT2D eigenvalue weighted by molar-refractivity contribution is 6.30. The lowest BCUT2D eigenvalue weighted by Gasteiger charge is -2.47. The zero-order valence-electron chi connectivity index (χ0n) is 19.9. The van der Waals surface area contributed by atoms with E-state index in [1.54, 1.807) is 0 Å². The number of aromatic nitrogens is 1. The van der Waals surface area contributed by atoms with Gasteiger partial charge in [0.25, 0.3) is 17.4 Å². The van der Waals surface area contributed by atoms with Crippen LogP contribution in [0.4, 0.5) is 8.78 Å². The standard InChI is InChI=1S/C26H26ClF2N3O5/c27-18-9-13(1-4-19(18)29)11-30-8-6-16-20(23(30)35)22(34)25(37)32-21(16)24(36)31(12-15(33)10-28)26(32)7-5-14-2-3-17(14)26/h1,4,9,14-15,17,33-34H,2-3,5-8,10-12H2/t14-,15?,17-,26-/m1/s1. The molecular formula is C26H26ClF2N3O5. The van der Waals surface area contributed by atoms with Gasteiger partial charge in [-0.25, -0.2) is 8.78 Å². The fourth-order valence-corrected chi connectivity index (χ4v) is 7.14. The summed E-state index contributed by atoms with van der Waals surface area (Å²) in [5.41, 5.74) is -1.21. The average Bonchev–Trinajstić information content (AvgIpc) is 3.24. The van der Waals surface area contributed by atoms with Gasteiger partial charge < -0.3 is 20.0 Å². The molecule has 4 aliphatic rings. The van der Waals surface area contributed by atoms with Gasteiger partial charge in [-0.2, -0.15) is 0 Å². The first-order chi connectivity index (χ1) is 17.7. The summed E-state index contributed by atoms with van der Waals surface area (Å²) >= 11 is 5.88. The van der Waals surface area contributed by atoms with Gasteiger partial charge in [0.2, 0.25) is 0 Å². The predicted molar refractivity (Wildman–Crippen MR) is 129 cm³/mol. The summed E-state index contributed by atoms with van der Waals surface area (Å²) in [4.78, 5) is 43.8. The summed E-state index contributed by atoms with van der Waals surface area (Å²) in [5, 5.41) is 21.1. The molecule has 2 aromatic rings. The summed E-state index contributed by atoms with van der Waals surface area (Å²) in [6, 6.07) is 4.11. The van der Waals surface area contributed by atoms with Crippen molar-refractivity contribution in [2.75, 3.05) is 19.8 Å². The Morgan fingerprint density at radius 3 is 2.59 bits per heavy atom. The number of rotatable bonds is 5. The minimum atomic E-state index is -1.41. The van der Waals surface area contributed by atoms with Gasteiger partial charge >= 0.3 is 0 Å². The lowest BCUT2D eigenvalue weighted by molar-refractivity contribution is -0.0426. The van der Waals surface area contributed by atoms with E-state index in [0.29, 0.717) is 23.5 Å². The molecule has 1 aromatic heterocycles. The number of carbonyl (C=O) groups is 2. The number of hydrogen-bond acceptors (Lipinski definition) is 5. The second-order valence-electron chi connectivity index (χ2n) is 10.5. The number of aliphatic hydroxyl groups excluding tert-OH is 1. The lowest BCUT2D eigenvalue weighted by Crippen LogP contribution is -2.57. The van der Waals surface area contributed by atoms with Crippen LogP contribution in [0.25, 0.3) is 0 Å². The number of hydrogen-bond donors (Lipinski definition) is 2. The van der Waals surface area contributed by atoms with Crippen LogP contribution in [0, 0.1) is 17.7 Å². The number of β-amino-alcohol motifs (C(OH)–C–C–N with tert-alkyl or cyclic N) is 1. The van der Waals surface area contributed by atoms with Crippen molar-refractivity contribution in [1.29, 1.82) is 0 Å². The molecule has 196 valence electrons. The topological polar surface area (TPSA) is 103 Å². The molecule has 0 bridgehead atoms. The smallest absolute Gasteiger partial charge is 0.296 e. The van der Waals surface area contributed by atoms with Crippen LogP contribution in [0.15, 0.2) is 23.0 Å². The number of aromatic hydroxyl groups is 1. The predicted octanol–water partition coefficient (Wildman–Crippen LogP) is 2.80. The van der Waals surface area contributed by atoms with Crippen molar-refractivity contribution in [3.63, 3.8) is 0 Å². The molecule has 1 aromatic carbocycles. The number of fused-ring (bicyclic) bond motifs is 6. The summed E-state index contributed by atoms with van der Waals surface area (Å²) in [6.45, 7) is -1.04.